The van der Waals surface area contributed by atoms with Crippen LogP contribution in [-0.4, -0.2) is 26.9 Å². The second-order valence-corrected chi connectivity index (χ2v) is 3.98. The fourth-order valence-corrected chi connectivity index (χ4v) is 1.19. The number of esters is 1. The lowest BCUT2D eigenvalue weighted by molar-refractivity contribution is 0.0131. The summed E-state index contributed by atoms with van der Waals surface area (Å²) in [5.74, 6) is -0.350. The number of phenolic OH excluding ortho intramolecular Hbond substituents is 3. The summed E-state index contributed by atoms with van der Waals surface area (Å²) in [6.45, 7) is 3.34. The van der Waals surface area contributed by atoms with Crippen LogP contribution in [0.15, 0.2) is 12.1 Å². The summed E-state index contributed by atoms with van der Waals surface area (Å²) in [4.78, 5) is 11.8. The Morgan fingerprint density at radius 2 is 1.89 bits per heavy atom. The highest BCUT2D eigenvalue weighted by atomic mass is 16.6. The van der Waals surface area contributed by atoms with E-state index in [1.807, 2.05) is 0 Å². The molecule has 0 radical (unpaired) electrons. The van der Waals surface area contributed by atoms with Crippen molar-refractivity contribution in [2.45, 2.75) is 25.9 Å². The highest BCUT2D eigenvalue weighted by Gasteiger charge is 2.25. The minimum Gasteiger partial charge on any atom is -0.504 e. The van der Waals surface area contributed by atoms with Crippen LogP contribution in [0.5, 0.6) is 17.2 Å². The van der Waals surface area contributed by atoms with Crippen molar-refractivity contribution in [1.82, 2.24) is 0 Å². The van der Waals surface area contributed by atoms with Gasteiger partial charge in [0.25, 0.3) is 0 Å². The molecule has 0 saturated carbocycles. The molecule has 0 bridgehead atoms. The molecule has 1 unspecified atom stereocenters. The van der Waals surface area contributed by atoms with Gasteiger partial charge in [0.2, 0.25) is 0 Å². The molecule has 0 aliphatic rings. The first-order chi connectivity index (χ1) is 8.33. The Hall–Kier alpha value is -2.35. The van der Waals surface area contributed by atoms with Crippen LogP contribution < -0.4 is 0 Å². The molecule has 5 nitrogen and oxygen atoms in total. The normalized spacial score (nSPS) is 13.4. The van der Waals surface area contributed by atoms with Crippen molar-refractivity contribution in [2.24, 2.45) is 0 Å². The number of aromatic hydroxyl groups is 3. The molecular formula is C13H14O5. The quantitative estimate of drug-likeness (QED) is 0.432. The summed E-state index contributed by atoms with van der Waals surface area (Å²) in [7, 11) is 0. The van der Waals surface area contributed by atoms with Crippen LogP contribution in [0.2, 0.25) is 0 Å². The molecule has 0 heterocycles. The second-order valence-electron chi connectivity index (χ2n) is 3.98. The first-order valence-corrected chi connectivity index (χ1v) is 5.29. The summed E-state index contributed by atoms with van der Waals surface area (Å²) < 4.78 is 5.09. The molecule has 3 N–H and O–H groups in total. The van der Waals surface area contributed by atoms with E-state index in [2.05, 4.69) is 5.92 Å². The lowest BCUT2D eigenvalue weighted by Crippen LogP contribution is -2.29. The Morgan fingerprint density at radius 1 is 1.39 bits per heavy atom. The van der Waals surface area contributed by atoms with Crippen molar-refractivity contribution in [3.05, 3.63) is 17.7 Å². The molecule has 0 fully saturated rings. The van der Waals surface area contributed by atoms with Crippen molar-refractivity contribution < 1.29 is 24.9 Å². The first kappa shape index (κ1) is 13.7. The molecule has 1 atom stereocenters. The van der Waals surface area contributed by atoms with E-state index in [1.54, 1.807) is 13.8 Å². The topological polar surface area (TPSA) is 87.0 Å². The summed E-state index contributed by atoms with van der Waals surface area (Å²) in [6.07, 6.45) is 5.68. The van der Waals surface area contributed by atoms with Gasteiger partial charge in [-0.2, -0.15) is 0 Å². The molecule has 0 aliphatic heterocycles. The van der Waals surface area contributed by atoms with Crippen LogP contribution in [-0.2, 0) is 4.74 Å². The van der Waals surface area contributed by atoms with E-state index in [-0.39, 0.29) is 5.56 Å². The largest absolute Gasteiger partial charge is 0.504 e. The molecule has 96 valence electrons. The smallest absolute Gasteiger partial charge is 0.339 e. The zero-order chi connectivity index (χ0) is 13.9. The van der Waals surface area contributed by atoms with E-state index in [1.165, 1.54) is 0 Å². The maximum atomic E-state index is 11.8. The number of benzene rings is 1. The van der Waals surface area contributed by atoms with Gasteiger partial charge in [-0.05, 0) is 25.5 Å². The van der Waals surface area contributed by atoms with Gasteiger partial charge in [-0.1, -0.05) is 12.8 Å². The maximum absolute atomic E-state index is 11.8. The number of ether oxygens (including phenoxy) is 1. The van der Waals surface area contributed by atoms with E-state index in [4.69, 9.17) is 16.3 Å². The van der Waals surface area contributed by atoms with Crippen LogP contribution in [0.25, 0.3) is 0 Å². The Balaban J connectivity index is 3.03. The summed E-state index contributed by atoms with van der Waals surface area (Å²) in [6, 6.07) is 1.98. The number of phenols is 3. The molecule has 1 rings (SSSR count). The second kappa shape index (κ2) is 4.88. The maximum Gasteiger partial charge on any atom is 0.339 e. The summed E-state index contributed by atoms with van der Waals surface area (Å²) in [5, 5.41) is 27.7. The van der Waals surface area contributed by atoms with Gasteiger partial charge < -0.3 is 20.1 Å². The summed E-state index contributed by atoms with van der Waals surface area (Å²) >= 11 is 0. The van der Waals surface area contributed by atoms with E-state index >= 15 is 0 Å². The molecule has 1 aromatic carbocycles. The van der Waals surface area contributed by atoms with Gasteiger partial charge in [0, 0.05) is 0 Å². The molecule has 1 aromatic rings. The predicted molar refractivity (Wildman–Crippen MR) is 64.4 cm³/mol. The predicted octanol–water partition coefficient (Wildman–Crippen LogP) is 1.76. The lowest BCUT2D eigenvalue weighted by Gasteiger charge is -2.22. The van der Waals surface area contributed by atoms with Gasteiger partial charge in [0.05, 0.1) is 5.56 Å². The SMILES string of the molecule is C#CC(C)(CC)OC(=O)c1cc(O)c(O)c(O)c1. The number of rotatable bonds is 3. The lowest BCUT2D eigenvalue weighted by atomic mass is 10.0. The molecular weight excluding hydrogens is 236 g/mol. The van der Waals surface area contributed by atoms with Crippen LogP contribution in [0, 0.1) is 12.3 Å². The van der Waals surface area contributed by atoms with Crippen molar-refractivity contribution in [2.75, 3.05) is 0 Å². The zero-order valence-corrected chi connectivity index (χ0v) is 10.1. The third-order valence-corrected chi connectivity index (χ3v) is 2.60. The molecule has 5 heteroatoms. The van der Waals surface area contributed by atoms with Crippen LogP contribution in [0.1, 0.15) is 30.6 Å². The van der Waals surface area contributed by atoms with Gasteiger partial charge in [0.1, 0.15) is 0 Å². The minimum absolute atomic E-state index is 0.0993. The standard InChI is InChI=1S/C13H14O5/c1-4-13(3,5-2)18-12(17)8-6-9(14)11(16)10(15)7-8/h1,6-7,14-16H,5H2,2-3H3. The van der Waals surface area contributed by atoms with E-state index < -0.39 is 28.8 Å². The Kier molecular flexibility index (Phi) is 3.72. The third kappa shape index (κ3) is 2.66. The molecule has 0 spiro atoms. The zero-order valence-electron chi connectivity index (χ0n) is 10.1. The molecule has 0 amide bonds. The third-order valence-electron chi connectivity index (χ3n) is 2.60. The Bertz CT molecular complexity index is 492. The van der Waals surface area contributed by atoms with Crippen molar-refractivity contribution in [3.8, 4) is 29.6 Å². The van der Waals surface area contributed by atoms with Crippen LogP contribution >= 0.6 is 0 Å². The van der Waals surface area contributed by atoms with E-state index in [0.717, 1.165) is 12.1 Å². The number of hydrogen-bond acceptors (Lipinski definition) is 5. The van der Waals surface area contributed by atoms with E-state index in [9.17, 15) is 15.0 Å². The number of hydrogen-bond donors (Lipinski definition) is 3. The van der Waals surface area contributed by atoms with Gasteiger partial charge in [-0.3, -0.25) is 0 Å². The molecule has 0 aliphatic carbocycles. The fraction of sp³-hybridized carbons (Fsp3) is 0.308. The Morgan fingerprint density at radius 3 is 2.28 bits per heavy atom. The minimum atomic E-state index is -1.06. The molecule has 0 aromatic heterocycles. The Labute approximate surface area is 105 Å². The van der Waals surface area contributed by atoms with Gasteiger partial charge in [-0.25, -0.2) is 4.79 Å². The van der Waals surface area contributed by atoms with Crippen molar-refractivity contribution >= 4 is 5.97 Å². The molecule has 0 saturated heterocycles. The average molecular weight is 250 g/mol. The fourth-order valence-electron chi connectivity index (χ4n) is 1.19. The number of carbonyl (C=O) groups excluding carboxylic acids is 1. The first-order valence-electron chi connectivity index (χ1n) is 5.29. The van der Waals surface area contributed by atoms with Crippen LogP contribution in [0.4, 0.5) is 0 Å². The van der Waals surface area contributed by atoms with E-state index in [0.29, 0.717) is 6.42 Å². The summed E-state index contributed by atoms with van der Waals surface area (Å²) in [5.41, 5.74) is -1.15. The monoisotopic (exact) mass is 250 g/mol. The number of terminal acetylenes is 1. The van der Waals surface area contributed by atoms with Crippen molar-refractivity contribution in [3.63, 3.8) is 0 Å². The highest BCUT2D eigenvalue weighted by Crippen LogP contribution is 2.35. The van der Waals surface area contributed by atoms with Crippen molar-refractivity contribution in [1.29, 1.82) is 0 Å². The van der Waals surface area contributed by atoms with Gasteiger partial charge >= 0.3 is 5.97 Å². The average Bonchev–Trinajstić information content (AvgIpc) is 2.35. The molecule has 18 heavy (non-hydrogen) atoms. The van der Waals surface area contributed by atoms with Gasteiger partial charge in [-0.15, -0.1) is 6.42 Å². The van der Waals surface area contributed by atoms with Crippen LogP contribution in [0.3, 0.4) is 0 Å². The highest BCUT2D eigenvalue weighted by molar-refractivity contribution is 5.91. The number of carbonyl (C=O) groups is 1. The van der Waals surface area contributed by atoms with Gasteiger partial charge in [0.15, 0.2) is 22.8 Å².